The Kier molecular flexibility index (Phi) is 7.24. The van der Waals surface area contributed by atoms with E-state index in [9.17, 15) is 4.79 Å². The number of hydrogen-bond acceptors (Lipinski definition) is 7. The molecule has 0 unspecified atom stereocenters. The molecule has 2 rings (SSSR count). The lowest BCUT2D eigenvalue weighted by molar-refractivity contribution is 0.105. The maximum absolute atomic E-state index is 11.8. The third-order valence-electron chi connectivity index (χ3n) is 4.04. The quantitative estimate of drug-likeness (QED) is 0.746. The molecule has 8 nitrogen and oxygen atoms in total. The zero-order valence-corrected chi connectivity index (χ0v) is 15.8. The van der Waals surface area contributed by atoms with Gasteiger partial charge in [-0.05, 0) is 40.9 Å². The summed E-state index contributed by atoms with van der Waals surface area (Å²) in [4.78, 5) is 26.9. The second kappa shape index (κ2) is 9.41. The van der Waals surface area contributed by atoms with Crippen LogP contribution in [0.2, 0.25) is 0 Å². The lowest BCUT2D eigenvalue weighted by Crippen LogP contribution is -2.49. The molecule has 1 aliphatic heterocycles. The minimum absolute atomic E-state index is 0.232. The molecule has 1 aromatic heterocycles. The number of piperazine rings is 1. The number of carbonyl (C=O) groups is 1. The van der Waals surface area contributed by atoms with Crippen LogP contribution in [0.25, 0.3) is 0 Å². The van der Waals surface area contributed by atoms with Gasteiger partial charge in [0, 0.05) is 38.8 Å². The highest BCUT2D eigenvalue weighted by Crippen LogP contribution is 2.18. The molecule has 0 aliphatic carbocycles. The SMILES string of the molecule is CCOC(=O)N1CCN(c2cc(NCCCN(C)C)nc(C)n2)CC1. The molecular weight excluding hydrogens is 320 g/mol. The first-order valence-corrected chi connectivity index (χ1v) is 8.90. The summed E-state index contributed by atoms with van der Waals surface area (Å²) in [6, 6.07) is 1.99. The maximum atomic E-state index is 11.8. The van der Waals surface area contributed by atoms with Crippen molar-refractivity contribution >= 4 is 17.7 Å². The fraction of sp³-hybridized carbons (Fsp3) is 0.706. The Hall–Kier alpha value is -2.09. The number of carbonyl (C=O) groups excluding carboxylic acids is 1. The second-order valence-electron chi connectivity index (χ2n) is 6.42. The van der Waals surface area contributed by atoms with E-state index in [0.29, 0.717) is 19.7 Å². The van der Waals surface area contributed by atoms with E-state index in [0.717, 1.165) is 50.1 Å². The van der Waals surface area contributed by atoms with E-state index in [2.05, 4.69) is 39.2 Å². The third kappa shape index (κ3) is 6.04. The number of hydrogen-bond donors (Lipinski definition) is 1. The van der Waals surface area contributed by atoms with E-state index in [1.807, 2.05) is 19.9 Å². The molecule has 140 valence electrons. The normalized spacial score (nSPS) is 14.8. The van der Waals surface area contributed by atoms with E-state index >= 15 is 0 Å². The van der Waals surface area contributed by atoms with Gasteiger partial charge >= 0.3 is 6.09 Å². The zero-order chi connectivity index (χ0) is 18.2. The predicted octanol–water partition coefficient (Wildman–Crippen LogP) is 1.43. The lowest BCUT2D eigenvalue weighted by Gasteiger charge is -2.34. The van der Waals surface area contributed by atoms with Gasteiger partial charge in [-0.3, -0.25) is 0 Å². The summed E-state index contributed by atoms with van der Waals surface area (Å²) in [6.45, 7) is 8.84. The lowest BCUT2D eigenvalue weighted by atomic mass is 10.3. The van der Waals surface area contributed by atoms with Crippen LogP contribution in [0.5, 0.6) is 0 Å². The van der Waals surface area contributed by atoms with Crippen molar-refractivity contribution in [1.29, 1.82) is 0 Å². The van der Waals surface area contributed by atoms with Gasteiger partial charge in [0.15, 0.2) is 0 Å². The number of nitrogens with zero attached hydrogens (tertiary/aromatic N) is 5. The standard InChI is InChI=1S/C17H30N6O2/c1-5-25-17(24)23-11-9-22(10-12-23)16-13-15(19-14(2)20-16)18-7-6-8-21(3)4/h13H,5-12H2,1-4H3,(H,18,19,20). The molecule has 0 saturated carbocycles. The highest BCUT2D eigenvalue weighted by Gasteiger charge is 2.23. The van der Waals surface area contributed by atoms with Crippen molar-refractivity contribution in [3.63, 3.8) is 0 Å². The van der Waals surface area contributed by atoms with Crippen LogP contribution in [0.3, 0.4) is 0 Å². The van der Waals surface area contributed by atoms with Crippen LogP contribution in [-0.2, 0) is 4.74 Å². The molecule has 0 atom stereocenters. The number of aryl methyl sites for hydroxylation is 1. The zero-order valence-electron chi connectivity index (χ0n) is 15.8. The monoisotopic (exact) mass is 350 g/mol. The summed E-state index contributed by atoms with van der Waals surface area (Å²) < 4.78 is 5.06. The van der Waals surface area contributed by atoms with Gasteiger partial charge in [0.05, 0.1) is 6.61 Å². The van der Waals surface area contributed by atoms with Crippen LogP contribution in [0.15, 0.2) is 6.07 Å². The van der Waals surface area contributed by atoms with Crippen molar-refractivity contribution in [3.05, 3.63) is 11.9 Å². The van der Waals surface area contributed by atoms with Gasteiger partial charge in [0.2, 0.25) is 0 Å². The molecule has 0 aromatic carbocycles. The van der Waals surface area contributed by atoms with Gasteiger partial charge in [-0.1, -0.05) is 0 Å². The minimum Gasteiger partial charge on any atom is -0.450 e. The van der Waals surface area contributed by atoms with E-state index in [1.165, 1.54) is 0 Å². The van der Waals surface area contributed by atoms with Gasteiger partial charge in [-0.25, -0.2) is 14.8 Å². The van der Waals surface area contributed by atoms with E-state index in [4.69, 9.17) is 4.74 Å². The molecule has 0 radical (unpaired) electrons. The molecular formula is C17H30N6O2. The molecule has 25 heavy (non-hydrogen) atoms. The molecule has 1 N–H and O–H groups in total. The number of rotatable bonds is 7. The Labute approximate surface area is 150 Å². The van der Waals surface area contributed by atoms with Crippen molar-refractivity contribution in [2.45, 2.75) is 20.3 Å². The van der Waals surface area contributed by atoms with Crippen LogP contribution in [0, 0.1) is 6.92 Å². The largest absolute Gasteiger partial charge is 0.450 e. The smallest absolute Gasteiger partial charge is 0.409 e. The van der Waals surface area contributed by atoms with Crippen molar-refractivity contribution in [2.24, 2.45) is 0 Å². The molecule has 0 bridgehead atoms. The summed E-state index contributed by atoms with van der Waals surface area (Å²) in [6.07, 6.45) is 0.827. The van der Waals surface area contributed by atoms with E-state index < -0.39 is 0 Å². The summed E-state index contributed by atoms with van der Waals surface area (Å²) in [7, 11) is 4.14. The number of amides is 1. The number of anilines is 2. The third-order valence-corrected chi connectivity index (χ3v) is 4.04. The fourth-order valence-corrected chi connectivity index (χ4v) is 2.75. The topological polar surface area (TPSA) is 73.8 Å². The molecule has 2 heterocycles. The highest BCUT2D eigenvalue weighted by atomic mass is 16.6. The molecule has 8 heteroatoms. The van der Waals surface area contributed by atoms with Crippen LogP contribution in [0.1, 0.15) is 19.2 Å². The van der Waals surface area contributed by atoms with E-state index in [-0.39, 0.29) is 6.09 Å². The summed E-state index contributed by atoms with van der Waals surface area (Å²) >= 11 is 0. The average molecular weight is 350 g/mol. The Balaban J connectivity index is 1.90. The van der Waals surface area contributed by atoms with Crippen molar-refractivity contribution in [2.75, 3.05) is 70.2 Å². The first-order chi connectivity index (χ1) is 12.0. The molecule has 1 aliphatic rings. The first-order valence-electron chi connectivity index (χ1n) is 8.90. The average Bonchev–Trinajstić information content (AvgIpc) is 2.58. The summed E-state index contributed by atoms with van der Waals surface area (Å²) in [5, 5.41) is 3.38. The number of nitrogens with one attached hydrogen (secondary N) is 1. The summed E-state index contributed by atoms with van der Waals surface area (Å²) in [5.41, 5.74) is 0. The van der Waals surface area contributed by atoms with Gasteiger partial charge in [0.25, 0.3) is 0 Å². The van der Waals surface area contributed by atoms with Crippen molar-refractivity contribution in [3.8, 4) is 0 Å². The number of aromatic nitrogens is 2. The van der Waals surface area contributed by atoms with Crippen LogP contribution < -0.4 is 10.2 Å². The van der Waals surface area contributed by atoms with Gasteiger partial charge < -0.3 is 24.8 Å². The highest BCUT2D eigenvalue weighted by molar-refractivity contribution is 5.68. The van der Waals surface area contributed by atoms with Crippen LogP contribution >= 0.6 is 0 Å². The fourth-order valence-electron chi connectivity index (χ4n) is 2.75. The Morgan fingerprint density at radius 1 is 1.28 bits per heavy atom. The molecule has 1 fully saturated rings. The maximum Gasteiger partial charge on any atom is 0.409 e. The molecule has 1 amide bonds. The van der Waals surface area contributed by atoms with Crippen LogP contribution in [0.4, 0.5) is 16.4 Å². The van der Waals surface area contributed by atoms with Crippen molar-refractivity contribution < 1.29 is 9.53 Å². The minimum atomic E-state index is -0.232. The van der Waals surface area contributed by atoms with Gasteiger partial charge in [0.1, 0.15) is 17.5 Å². The number of ether oxygens (including phenoxy) is 1. The Morgan fingerprint density at radius 2 is 2.00 bits per heavy atom. The Morgan fingerprint density at radius 3 is 2.64 bits per heavy atom. The van der Waals surface area contributed by atoms with Gasteiger partial charge in [-0.2, -0.15) is 0 Å². The van der Waals surface area contributed by atoms with Gasteiger partial charge in [-0.15, -0.1) is 0 Å². The van der Waals surface area contributed by atoms with E-state index in [1.54, 1.807) is 4.90 Å². The molecule has 0 spiro atoms. The Bertz CT molecular complexity index is 558. The molecule has 1 saturated heterocycles. The van der Waals surface area contributed by atoms with Crippen molar-refractivity contribution in [1.82, 2.24) is 19.8 Å². The molecule has 1 aromatic rings. The predicted molar refractivity (Wildman–Crippen MR) is 99.2 cm³/mol. The second-order valence-corrected chi connectivity index (χ2v) is 6.42. The first kappa shape index (κ1) is 19.2. The van der Waals surface area contributed by atoms with Crippen LogP contribution in [-0.4, -0.2) is 85.8 Å². The summed E-state index contributed by atoms with van der Waals surface area (Å²) in [5.74, 6) is 2.51.